The first-order valence-electron chi connectivity index (χ1n) is 8.58. The van der Waals surface area contributed by atoms with Crippen molar-refractivity contribution in [3.63, 3.8) is 0 Å². The number of nitrogens with zero attached hydrogens (tertiary/aromatic N) is 3. The summed E-state index contributed by atoms with van der Waals surface area (Å²) in [5.41, 5.74) is 2.72. The first-order chi connectivity index (χ1) is 11.7. The zero-order valence-electron chi connectivity index (χ0n) is 15.1. The molecule has 2 heterocycles. The fraction of sp³-hybridized carbons (Fsp3) is 0.556. The van der Waals surface area contributed by atoms with Gasteiger partial charge in [-0.15, -0.1) is 35.3 Å². The van der Waals surface area contributed by atoms with Crippen LogP contribution in [-0.2, 0) is 19.4 Å². The molecule has 1 atom stereocenters. The molecule has 0 radical (unpaired) electrons. The Hall–Kier alpha value is -0.670. The number of guanidine groups is 1. The lowest BCUT2D eigenvalue weighted by atomic mass is 10.0. The second kappa shape index (κ2) is 9.87. The molecule has 1 aliphatic rings. The summed E-state index contributed by atoms with van der Waals surface area (Å²) in [6, 6.07) is 2.20. The Morgan fingerprint density at radius 3 is 2.88 bits per heavy atom. The van der Waals surface area contributed by atoms with E-state index in [1.165, 1.54) is 40.4 Å². The second-order valence-electron chi connectivity index (χ2n) is 6.43. The first kappa shape index (κ1) is 20.6. The van der Waals surface area contributed by atoms with E-state index in [4.69, 9.17) is 4.98 Å². The summed E-state index contributed by atoms with van der Waals surface area (Å²) in [5, 5.41) is 9.06. The minimum Gasteiger partial charge on any atom is -0.356 e. The monoisotopic (exact) mass is 490 g/mol. The molecule has 0 amide bonds. The number of thiazole rings is 1. The molecule has 2 aromatic rings. The maximum absolute atomic E-state index is 4.84. The highest BCUT2D eigenvalue weighted by atomic mass is 127. The van der Waals surface area contributed by atoms with E-state index >= 15 is 0 Å². The summed E-state index contributed by atoms with van der Waals surface area (Å²) >= 11 is 3.63. The molecule has 1 N–H and O–H groups in total. The van der Waals surface area contributed by atoms with Gasteiger partial charge < -0.3 is 10.2 Å². The maximum atomic E-state index is 4.84. The van der Waals surface area contributed by atoms with E-state index in [0.717, 1.165) is 25.5 Å². The lowest BCUT2D eigenvalue weighted by molar-refractivity contribution is 0.471. The van der Waals surface area contributed by atoms with Crippen molar-refractivity contribution in [3.05, 3.63) is 38.0 Å². The largest absolute Gasteiger partial charge is 0.356 e. The van der Waals surface area contributed by atoms with Crippen LogP contribution in [0.4, 0.5) is 0 Å². The Labute approximate surface area is 175 Å². The molecule has 0 saturated carbocycles. The molecule has 0 fully saturated rings. The standard InChI is InChI=1S/C18H26N4S2.HI/c1-13(14-8-9-23-12-14)10-20-18(19-2)22(3)11-17-21-15-6-4-5-7-16(15)24-17;/h8-9,12-13H,4-7,10-11H2,1-3H3,(H,19,20);1H. The summed E-state index contributed by atoms with van der Waals surface area (Å²) < 4.78 is 0. The van der Waals surface area contributed by atoms with E-state index in [1.54, 1.807) is 11.3 Å². The molecule has 138 valence electrons. The van der Waals surface area contributed by atoms with Gasteiger partial charge in [0.05, 0.1) is 12.2 Å². The van der Waals surface area contributed by atoms with E-state index in [0.29, 0.717) is 5.92 Å². The van der Waals surface area contributed by atoms with E-state index in [-0.39, 0.29) is 24.0 Å². The van der Waals surface area contributed by atoms with Crippen LogP contribution >= 0.6 is 46.7 Å². The molecule has 25 heavy (non-hydrogen) atoms. The van der Waals surface area contributed by atoms with E-state index in [2.05, 4.69) is 46.0 Å². The normalized spacial score (nSPS) is 15.2. The van der Waals surface area contributed by atoms with Gasteiger partial charge in [0.2, 0.25) is 0 Å². The zero-order chi connectivity index (χ0) is 16.9. The number of hydrogen-bond acceptors (Lipinski definition) is 4. The number of fused-ring (bicyclic) bond motifs is 1. The van der Waals surface area contributed by atoms with Crippen LogP contribution in [0.1, 0.15) is 46.8 Å². The molecule has 0 aliphatic heterocycles. The highest BCUT2D eigenvalue weighted by Gasteiger charge is 2.17. The summed E-state index contributed by atoms with van der Waals surface area (Å²) in [5.74, 6) is 1.42. The molecule has 0 saturated heterocycles. The van der Waals surface area contributed by atoms with Crippen LogP contribution in [0, 0.1) is 0 Å². The summed E-state index contributed by atoms with van der Waals surface area (Å²) in [6.45, 7) is 3.96. The van der Waals surface area contributed by atoms with Gasteiger partial charge >= 0.3 is 0 Å². The molecule has 1 aliphatic carbocycles. The second-order valence-corrected chi connectivity index (χ2v) is 8.37. The van der Waals surface area contributed by atoms with Crippen molar-refractivity contribution in [3.8, 4) is 0 Å². The van der Waals surface area contributed by atoms with Gasteiger partial charge in [0.1, 0.15) is 5.01 Å². The van der Waals surface area contributed by atoms with Crippen LogP contribution < -0.4 is 5.32 Å². The van der Waals surface area contributed by atoms with Crippen molar-refractivity contribution >= 4 is 52.6 Å². The Bertz CT molecular complexity index is 658. The summed E-state index contributed by atoms with van der Waals surface area (Å²) in [4.78, 5) is 12.9. The van der Waals surface area contributed by atoms with Gasteiger partial charge in [-0.1, -0.05) is 6.92 Å². The molecule has 2 aromatic heterocycles. The van der Waals surface area contributed by atoms with Crippen molar-refractivity contribution in [2.24, 2.45) is 4.99 Å². The van der Waals surface area contributed by atoms with Gasteiger partial charge in [0.15, 0.2) is 5.96 Å². The molecule has 3 rings (SSSR count). The lowest BCUT2D eigenvalue weighted by Crippen LogP contribution is -2.40. The predicted molar refractivity (Wildman–Crippen MR) is 120 cm³/mol. The fourth-order valence-corrected chi connectivity index (χ4v) is 5.05. The number of nitrogens with one attached hydrogen (secondary N) is 1. The zero-order valence-corrected chi connectivity index (χ0v) is 19.1. The third-order valence-corrected chi connectivity index (χ3v) is 6.36. The van der Waals surface area contributed by atoms with Crippen molar-refractivity contribution in [2.75, 3.05) is 20.6 Å². The predicted octanol–water partition coefficient (Wildman–Crippen LogP) is 4.51. The number of halogens is 1. The minimum atomic E-state index is 0. The lowest BCUT2D eigenvalue weighted by Gasteiger charge is -2.22. The number of rotatable bonds is 5. The average molecular weight is 490 g/mol. The highest BCUT2D eigenvalue weighted by molar-refractivity contribution is 14.0. The van der Waals surface area contributed by atoms with Gasteiger partial charge in [-0.25, -0.2) is 4.98 Å². The Morgan fingerprint density at radius 1 is 1.40 bits per heavy atom. The van der Waals surface area contributed by atoms with Crippen LogP contribution in [-0.4, -0.2) is 36.5 Å². The number of hydrogen-bond donors (Lipinski definition) is 1. The fourth-order valence-electron chi connectivity index (χ4n) is 3.05. The molecule has 0 aromatic carbocycles. The maximum Gasteiger partial charge on any atom is 0.193 e. The molecule has 0 bridgehead atoms. The topological polar surface area (TPSA) is 40.5 Å². The van der Waals surface area contributed by atoms with Gasteiger partial charge in [-0.3, -0.25) is 4.99 Å². The van der Waals surface area contributed by atoms with Gasteiger partial charge in [0, 0.05) is 25.5 Å². The van der Waals surface area contributed by atoms with Gasteiger partial charge in [-0.2, -0.15) is 11.3 Å². The SMILES string of the molecule is CN=C(NCC(C)c1ccsc1)N(C)Cc1nc2c(s1)CCCC2.I. The van der Waals surface area contributed by atoms with E-state index in [9.17, 15) is 0 Å². The van der Waals surface area contributed by atoms with Crippen molar-refractivity contribution < 1.29 is 0 Å². The van der Waals surface area contributed by atoms with Crippen LogP contribution in [0.25, 0.3) is 0 Å². The summed E-state index contributed by atoms with van der Waals surface area (Å²) in [7, 11) is 3.94. The Morgan fingerprint density at radius 2 is 2.20 bits per heavy atom. The van der Waals surface area contributed by atoms with E-state index < -0.39 is 0 Å². The number of aromatic nitrogens is 1. The molecular weight excluding hydrogens is 463 g/mol. The quantitative estimate of drug-likeness (QED) is 0.381. The third kappa shape index (κ3) is 5.40. The summed E-state index contributed by atoms with van der Waals surface area (Å²) in [6.07, 6.45) is 4.96. The van der Waals surface area contributed by atoms with E-state index in [1.807, 2.05) is 18.4 Å². The van der Waals surface area contributed by atoms with Crippen LogP contribution in [0.2, 0.25) is 0 Å². The Kier molecular flexibility index (Phi) is 8.15. The van der Waals surface area contributed by atoms with Gasteiger partial charge in [-0.05, 0) is 54.0 Å². The smallest absolute Gasteiger partial charge is 0.193 e. The highest BCUT2D eigenvalue weighted by Crippen LogP contribution is 2.27. The molecule has 4 nitrogen and oxygen atoms in total. The van der Waals surface area contributed by atoms with Crippen molar-refractivity contribution in [2.45, 2.75) is 45.1 Å². The van der Waals surface area contributed by atoms with Crippen molar-refractivity contribution in [1.82, 2.24) is 15.2 Å². The van der Waals surface area contributed by atoms with Crippen LogP contribution in [0.15, 0.2) is 21.8 Å². The van der Waals surface area contributed by atoms with Crippen molar-refractivity contribution in [1.29, 1.82) is 0 Å². The average Bonchev–Trinajstić information content (AvgIpc) is 3.24. The number of aryl methyl sites for hydroxylation is 2. The van der Waals surface area contributed by atoms with Crippen LogP contribution in [0.5, 0.6) is 0 Å². The molecular formula is C18H27IN4S2. The van der Waals surface area contributed by atoms with Crippen LogP contribution in [0.3, 0.4) is 0 Å². The number of thiophene rings is 1. The number of aliphatic imine (C=N–C) groups is 1. The Balaban J connectivity index is 0.00000225. The van der Waals surface area contributed by atoms with Gasteiger partial charge in [0.25, 0.3) is 0 Å². The molecule has 7 heteroatoms. The third-order valence-electron chi connectivity index (χ3n) is 4.51. The first-order valence-corrected chi connectivity index (χ1v) is 10.3. The molecule has 0 spiro atoms. The molecule has 1 unspecified atom stereocenters. The minimum absolute atomic E-state index is 0.